The maximum Gasteiger partial charge on any atom is 0.226 e. The predicted molar refractivity (Wildman–Crippen MR) is 108 cm³/mol. The first-order valence-corrected chi connectivity index (χ1v) is 7.89. The van der Waals surface area contributed by atoms with Crippen LogP contribution in [0.25, 0.3) is 11.5 Å². The molecule has 7 heteroatoms. The molecule has 132 valence electrons. The van der Waals surface area contributed by atoms with Crippen LogP contribution in [-0.2, 0) is 13.1 Å². The highest BCUT2D eigenvalue weighted by molar-refractivity contribution is 14.0. The summed E-state index contributed by atoms with van der Waals surface area (Å²) < 4.78 is 10.8. The molecule has 2 heterocycles. The predicted octanol–water partition coefficient (Wildman–Crippen LogP) is 3.81. The molecule has 0 atom stereocenters. The number of rotatable bonds is 6. The smallest absolute Gasteiger partial charge is 0.226 e. The zero-order valence-corrected chi connectivity index (χ0v) is 16.3. The van der Waals surface area contributed by atoms with E-state index in [0.717, 1.165) is 23.6 Å². The van der Waals surface area contributed by atoms with Crippen molar-refractivity contribution in [3.63, 3.8) is 0 Å². The van der Waals surface area contributed by atoms with E-state index in [4.69, 9.17) is 8.83 Å². The maximum absolute atomic E-state index is 5.53. The van der Waals surface area contributed by atoms with Crippen LogP contribution in [0.2, 0.25) is 0 Å². The van der Waals surface area contributed by atoms with Gasteiger partial charge in [-0.25, -0.2) is 9.98 Å². The second-order valence-electron chi connectivity index (χ2n) is 5.14. The van der Waals surface area contributed by atoms with Crippen LogP contribution >= 0.6 is 24.0 Å². The molecule has 2 aromatic heterocycles. The van der Waals surface area contributed by atoms with Gasteiger partial charge >= 0.3 is 0 Å². The Morgan fingerprint density at radius 1 is 1.08 bits per heavy atom. The van der Waals surface area contributed by atoms with Gasteiger partial charge in [-0.2, -0.15) is 0 Å². The van der Waals surface area contributed by atoms with Gasteiger partial charge in [0.05, 0.1) is 19.4 Å². The minimum Gasteiger partial charge on any atom is -0.467 e. The number of halogens is 1. The van der Waals surface area contributed by atoms with Gasteiger partial charge in [0.25, 0.3) is 0 Å². The number of benzene rings is 1. The number of oxazole rings is 1. The average molecular weight is 452 g/mol. The fourth-order valence-corrected chi connectivity index (χ4v) is 2.18. The number of nitrogens with zero attached hydrogens (tertiary/aromatic N) is 2. The van der Waals surface area contributed by atoms with E-state index in [0.29, 0.717) is 24.9 Å². The van der Waals surface area contributed by atoms with E-state index < -0.39 is 0 Å². The average Bonchev–Trinajstić information content (AvgIpc) is 3.30. The molecule has 25 heavy (non-hydrogen) atoms. The van der Waals surface area contributed by atoms with Crippen molar-refractivity contribution >= 4 is 29.9 Å². The van der Waals surface area contributed by atoms with E-state index in [1.807, 2.05) is 49.4 Å². The summed E-state index contributed by atoms with van der Waals surface area (Å²) in [7, 11) is 0. The lowest BCUT2D eigenvalue weighted by molar-refractivity contribution is 0.501. The molecule has 2 N–H and O–H groups in total. The first-order chi connectivity index (χ1) is 11.8. The van der Waals surface area contributed by atoms with E-state index in [9.17, 15) is 0 Å². The first kappa shape index (κ1) is 19.0. The molecule has 0 aliphatic heterocycles. The third-order valence-corrected chi connectivity index (χ3v) is 3.33. The van der Waals surface area contributed by atoms with Crippen LogP contribution in [0.5, 0.6) is 0 Å². The van der Waals surface area contributed by atoms with Crippen molar-refractivity contribution in [3.05, 3.63) is 66.4 Å². The molecule has 3 aromatic rings. The molecule has 0 radical (unpaired) electrons. The Kier molecular flexibility index (Phi) is 7.52. The van der Waals surface area contributed by atoms with Gasteiger partial charge in [-0.3, -0.25) is 0 Å². The summed E-state index contributed by atoms with van der Waals surface area (Å²) in [6, 6.07) is 13.6. The molecule has 0 spiro atoms. The fraction of sp³-hybridized carbons (Fsp3) is 0.222. The highest BCUT2D eigenvalue weighted by Gasteiger charge is 2.06. The normalized spacial score (nSPS) is 11.0. The number of hydrogen-bond acceptors (Lipinski definition) is 4. The summed E-state index contributed by atoms with van der Waals surface area (Å²) in [5.41, 5.74) is 1.74. The van der Waals surface area contributed by atoms with Crippen molar-refractivity contribution < 1.29 is 8.83 Å². The van der Waals surface area contributed by atoms with E-state index in [-0.39, 0.29) is 24.0 Å². The van der Waals surface area contributed by atoms with Gasteiger partial charge in [0, 0.05) is 12.1 Å². The van der Waals surface area contributed by atoms with E-state index in [2.05, 4.69) is 20.6 Å². The topological polar surface area (TPSA) is 75.6 Å². The van der Waals surface area contributed by atoms with Crippen molar-refractivity contribution in [1.29, 1.82) is 0 Å². The molecule has 0 aliphatic carbocycles. The summed E-state index contributed by atoms with van der Waals surface area (Å²) >= 11 is 0. The lowest BCUT2D eigenvalue weighted by Gasteiger charge is -2.09. The number of nitrogens with one attached hydrogen (secondary N) is 2. The van der Waals surface area contributed by atoms with Gasteiger partial charge in [-0.05, 0) is 31.2 Å². The van der Waals surface area contributed by atoms with Gasteiger partial charge in [0.15, 0.2) is 5.96 Å². The van der Waals surface area contributed by atoms with Crippen LogP contribution in [-0.4, -0.2) is 17.5 Å². The van der Waals surface area contributed by atoms with Crippen molar-refractivity contribution in [2.75, 3.05) is 6.54 Å². The fourth-order valence-electron chi connectivity index (χ4n) is 2.18. The molecule has 0 aliphatic rings. The Labute approximate surface area is 163 Å². The van der Waals surface area contributed by atoms with Crippen LogP contribution in [0, 0.1) is 0 Å². The van der Waals surface area contributed by atoms with Crippen LogP contribution in [0.4, 0.5) is 0 Å². The molecular formula is C18H21IN4O2. The number of aliphatic imine (C=N–C) groups is 1. The minimum atomic E-state index is 0. The van der Waals surface area contributed by atoms with Crippen molar-refractivity contribution in [3.8, 4) is 11.5 Å². The van der Waals surface area contributed by atoms with Gasteiger partial charge in [-0.1, -0.05) is 18.2 Å². The number of aromatic nitrogens is 1. The second-order valence-corrected chi connectivity index (χ2v) is 5.14. The molecular weight excluding hydrogens is 431 g/mol. The minimum absolute atomic E-state index is 0. The molecule has 3 rings (SSSR count). The number of furan rings is 1. The standard InChI is InChI=1S/C18H20N4O2.HI/c1-2-19-18(21-12-16-9-6-10-23-16)20-11-15-13-24-17(22-15)14-7-4-3-5-8-14;/h3-10,13H,2,11-12H2,1H3,(H2,19,20,21);1H. The first-order valence-electron chi connectivity index (χ1n) is 7.89. The summed E-state index contributed by atoms with van der Waals surface area (Å²) in [4.78, 5) is 9.00. The molecule has 0 fully saturated rings. The highest BCUT2D eigenvalue weighted by Crippen LogP contribution is 2.18. The van der Waals surface area contributed by atoms with Crippen LogP contribution in [0.3, 0.4) is 0 Å². The SMILES string of the molecule is CCNC(=NCc1coc(-c2ccccc2)n1)NCc1ccco1.I. The third-order valence-electron chi connectivity index (χ3n) is 3.33. The zero-order valence-electron chi connectivity index (χ0n) is 13.9. The van der Waals surface area contributed by atoms with Gasteiger partial charge in [0.2, 0.25) is 5.89 Å². The summed E-state index contributed by atoms with van der Waals surface area (Å²) in [5.74, 6) is 2.17. The maximum atomic E-state index is 5.53. The summed E-state index contributed by atoms with van der Waals surface area (Å²) in [6.45, 7) is 3.81. The molecule has 0 saturated carbocycles. The largest absolute Gasteiger partial charge is 0.467 e. The van der Waals surface area contributed by atoms with Crippen LogP contribution < -0.4 is 10.6 Å². The van der Waals surface area contributed by atoms with Crippen LogP contribution in [0.15, 0.2) is 68.8 Å². The lowest BCUT2D eigenvalue weighted by Crippen LogP contribution is -2.36. The Hall–Kier alpha value is -2.29. The zero-order chi connectivity index (χ0) is 16.6. The Morgan fingerprint density at radius 2 is 1.92 bits per heavy atom. The quantitative estimate of drug-likeness (QED) is 0.338. The lowest BCUT2D eigenvalue weighted by atomic mass is 10.2. The molecule has 6 nitrogen and oxygen atoms in total. The molecule has 0 unspecified atom stereocenters. The molecule has 1 aromatic carbocycles. The van der Waals surface area contributed by atoms with Crippen molar-refractivity contribution in [1.82, 2.24) is 15.6 Å². The van der Waals surface area contributed by atoms with Crippen molar-refractivity contribution in [2.45, 2.75) is 20.0 Å². The molecule has 0 saturated heterocycles. The summed E-state index contributed by atoms with van der Waals surface area (Å²) in [6.07, 6.45) is 3.30. The number of hydrogen-bond donors (Lipinski definition) is 2. The van der Waals surface area contributed by atoms with Crippen molar-refractivity contribution in [2.24, 2.45) is 4.99 Å². The molecule has 0 amide bonds. The van der Waals surface area contributed by atoms with Gasteiger partial charge in [0.1, 0.15) is 17.7 Å². The van der Waals surface area contributed by atoms with Gasteiger partial charge < -0.3 is 19.5 Å². The third kappa shape index (κ3) is 5.63. The highest BCUT2D eigenvalue weighted by atomic mass is 127. The number of guanidine groups is 1. The monoisotopic (exact) mass is 452 g/mol. The Balaban J connectivity index is 0.00000225. The van der Waals surface area contributed by atoms with Gasteiger partial charge in [-0.15, -0.1) is 24.0 Å². The molecule has 0 bridgehead atoms. The van der Waals surface area contributed by atoms with E-state index >= 15 is 0 Å². The van der Waals surface area contributed by atoms with Crippen LogP contribution in [0.1, 0.15) is 18.4 Å². The van der Waals surface area contributed by atoms with E-state index in [1.165, 1.54) is 0 Å². The Bertz CT molecular complexity index is 769. The Morgan fingerprint density at radius 3 is 2.64 bits per heavy atom. The van der Waals surface area contributed by atoms with E-state index in [1.54, 1.807) is 12.5 Å². The summed E-state index contributed by atoms with van der Waals surface area (Å²) in [5, 5.41) is 6.41. The second kappa shape index (κ2) is 9.87.